The van der Waals surface area contributed by atoms with Gasteiger partial charge in [0.05, 0.1) is 18.5 Å². The Bertz CT molecular complexity index is 1220. The highest BCUT2D eigenvalue weighted by Crippen LogP contribution is 2.26. The number of halogens is 1. The highest BCUT2D eigenvalue weighted by molar-refractivity contribution is 6.07. The number of nitrogen functional groups attached to an aromatic ring is 1. The number of hydrogen-bond donors (Lipinski definition) is 3. The number of nitrogens with two attached hydrogens (primary N) is 1. The molecule has 4 rings (SSSR count). The number of guanidine groups is 1. The topological polar surface area (TPSA) is 122 Å². The number of aryl methyl sites for hydroxylation is 2. The van der Waals surface area contributed by atoms with Crippen LogP contribution in [0.25, 0.3) is 5.69 Å². The second kappa shape index (κ2) is 8.29. The van der Waals surface area contributed by atoms with Crippen molar-refractivity contribution in [2.45, 2.75) is 26.8 Å². The van der Waals surface area contributed by atoms with E-state index in [0.717, 1.165) is 28.7 Å². The summed E-state index contributed by atoms with van der Waals surface area (Å²) in [6.07, 6.45) is 0.590. The molecule has 1 aromatic carbocycles. The molecule has 9 nitrogen and oxygen atoms in total. The van der Waals surface area contributed by atoms with Crippen LogP contribution in [-0.4, -0.2) is 45.2 Å². The van der Waals surface area contributed by atoms with Crippen LogP contribution in [0, 0.1) is 25.1 Å². The summed E-state index contributed by atoms with van der Waals surface area (Å²) in [6.45, 7) is 4.51. The summed E-state index contributed by atoms with van der Waals surface area (Å²) in [6, 6.07) is 8.09. The highest BCUT2D eigenvalue weighted by Gasteiger charge is 2.25. The molecule has 0 saturated carbocycles. The van der Waals surface area contributed by atoms with E-state index < -0.39 is 11.7 Å². The number of methoxy groups -OCH3 is 1. The third-order valence-corrected chi connectivity index (χ3v) is 5.36. The zero-order chi connectivity index (χ0) is 23.0. The smallest absolute Gasteiger partial charge is 0.263 e. The molecule has 1 aliphatic heterocycles. The van der Waals surface area contributed by atoms with E-state index in [1.165, 1.54) is 11.8 Å². The van der Waals surface area contributed by atoms with Crippen LogP contribution in [0.3, 0.4) is 0 Å². The van der Waals surface area contributed by atoms with Gasteiger partial charge in [-0.25, -0.2) is 14.1 Å². The summed E-state index contributed by atoms with van der Waals surface area (Å²) >= 11 is 0. The highest BCUT2D eigenvalue weighted by atomic mass is 19.1. The maximum atomic E-state index is 15.0. The van der Waals surface area contributed by atoms with E-state index in [1.54, 1.807) is 17.0 Å². The van der Waals surface area contributed by atoms with E-state index in [9.17, 15) is 4.79 Å². The first kappa shape index (κ1) is 21.3. The lowest BCUT2D eigenvalue weighted by Gasteiger charge is -2.30. The van der Waals surface area contributed by atoms with Gasteiger partial charge in [-0.3, -0.25) is 15.5 Å². The van der Waals surface area contributed by atoms with Gasteiger partial charge in [0.1, 0.15) is 22.9 Å². The molecule has 3 heterocycles. The molecule has 0 atom stereocenters. The Morgan fingerprint density at radius 3 is 2.75 bits per heavy atom. The van der Waals surface area contributed by atoms with Crippen LogP contribution in [0.4, 0.5) is 10.2 Å². The molecule has 2 aromatic heterocycles. The number of carbonyl (C=O) groups is 1. The van der Waals surface area contributed by atoms with E-state index in [4.69, 9.17) is 15.9 Å². The van der Waals surface area contributed by atoms with Crippen LogP contribution in [0.5, 0.6) is 5.75 Å². The van der Waals surface area contributed by atoms with Crippen LogP contribution in [0.15, 0.2) is 30.3 Å². The second-order valence-corrected chi connectivity index (χ2v) is 7.66. The maximum Gasteiger partial charge on any atom is 0.263 e. The van der Waals surface area contributed by atoms with Crippen molar-refractivity contribution in [3.8, 4) is 11.4 Å². The first-order valence-electron chi connectivity index (χ1n) is 10.1. The number of nitrogens with zero attached hydrogens (tertiary/aromatic N) is 4. The minimum Gasteiger partial charge on any atom is -0.497 e. The third kappa shape index (κ3) is 3.98. The van der Waals surface area contributed by atoms with Crippen molar-refractivity contribution in [1.82, 2.24) is 25.0 Å². The molecule has 0 saturated heterocycles. The average molecular weight is 437 g/mol. The van der Waals surface area contributed by atoms with Gasteiger partial charge in [0.15, 0.2) is 5.96 Å². The second-order valence-electron chi connectivity index (χ2n) is 7.66. The molecule has 4 N–H and O–H groups in total. The number of ether oxygens (including phenoxy) is 1. The van der Waals surface area contributed by atoms with Crippen molar-refractivity contribution < 1.29 is 13.9 Å². The molecule has 1 aliphatic rings. The summed E-state index contributed by atoms with van der Waals surface area (Å²) in [5.74, 6) is -0.907. The largest absolute Gasteiger partial charge is 0.497 e. The van der Waals surface area contributed by atoms with Crippen LogP contribution in [0.1, 0.15) is 33.0 Å². The monoisotopic (exact) mass is 437 g/mol. The number of amides is 1. The lowest BCUT2D eigenvalue weighted by Crippen LogP contribution is -2.46. The lowest BCUT2D eigenvalue weighted by molar-refractivity contribution is 0.0967. The van der Waals surface area contributed by atoms with Crippen molar-refractivity contribution >= 4 is 17.7 Å². The number of aromatic nitrogens is 3. The Balaban J connectivity index is 1.61. The fourth-order valence-electron chi connectivity index (χ4n) is 3.82. The number of nitrogens with one attached hydrogen (secondary N) is 2. The molecule has 32 heavy (non-hydrogen) atoms. The minimum absolute atomic E-state index is 0.119. The van der Waals surface area contributed by atoms with Crippen molar-refractivity contribution in [3.05, 3.63) is 64.4 Å². The summed E-state index contributed by atoms with van der Waals surface area (Å²) in [7, 11) is 1.42. The number of anilines is 1. The van der Waals surface area contributed by atoms with Crippen LogP contribution < -0.4 is 15.8 Å². The number of fused-ring (bicyclic) bond motifs is 1. The van der Waals surface area contributed by atoms with Gasteiger partial charge in [0, 0.05) is 43.0 Å². The third-order valence-electron chi connectivity index (χ3n) is 5.36. The van der Waals surface area contributed by atoms with Crippen molar-refractivity contribution in [3.63, 3.8) is 0 Å². The fourth-order valence-corrected chi connectivity index (χ4v) is 3.82. The van der Waals surface area contributed by atoms with Crippen molar-refractivity contribution in [2.75, 3.05) is 19.4 Å². The number of hydrogen-bond acceptors (Lipinski definition) is 6. The molecule has 0 bridgehead atoms. The molecular weight excluding hydrogens is 413 g/mol. The van der Waals surface area contributed by atoms with Gasteiger partial charge in [-0.1, -0.05) is 6.07 Å². The Hall–Kier alpha value is -3.95. The number of pyridine rings is 1. The number of carbonyl (C=O) groups excluding carboxylic acids is 1. The van der Waals surface area contributed by atoms with Crippen molar-refractivity contribution in [2.24, 2.45) is 0 Å². The van der Waals surface area contributed by atoms with Gasteiger partial charge in [0.25, 0.3) is 5.91 Å². The molecule has 3 aromatic rings. The Morgan fingerprint density at radius 2 is 2.06 bits per heavy atom. The number of rotatable bonds is 3. The minimum atomic E-state index is -0.763. The normalized spacial score (nSPS) is 12.9. The van der Waals surface area contributed by atoms with Crippen LogP contribution in [0.2, 0.25) is 0 Å². The molecule has 0 unspecified atom stereocenters. The standard InChI is InChI=1S/C22H24FN7O2/c1-12-8-13(2)30(28-12)18-10-15(32-3)9-16(23)20(18)21(31)27-22(25)29-7-6-17-14(11-29)4-5-19(24)26-17/h4-5,8-10H,6-7,11H2,1-3H3,(H2,24,26)(H2,25,27,31). The van der Waals surface area contributed by atoms with Gasteiger partial charge in [0.2, 0.25) is 0 Å². The SMILES string of the molecule is COc1cc(F)c(C(=O)NC(=N)N2CCc3nc(N)ccc3C2)c(-n2nc(C)cc2C)c1. The van der Waals surface area contributed by atoms with Crippen molar-refractivity contribution in [1.29, 1.82) is 5.41 Å². The molecule has 0 spiro atoms. The summed E-state index contributed by atoms with van der Waals surface area (Å²) in [5, 5.41) is 15.3. The lowest BCUT2D eigenvalue weighted by atomic mass is 10.1. The zero-order valence-corrected chi connectivity index (χ0v) is 18.1. The first-order valence-corrected chi connectivity index (χ1v) is 10.1. The van der Waals surface area contributed by atoms with E-state index in [1.807, 2.05) is 26.0 Å². The molecule has 1 amide bonds. The fraction of sp³-hybridized carbons (Fsp3) is 0.273. The van der Waals surface area contributed by atoms with E-state index in [0.29, 0.717) is 25.3 Å². The van der Waals surface area contributed by atoms with Gasteiger partial charge < -0.3 is 15.4 Å². The average Bonchev–Trinajstić information content (AvgIpc) is 3.10. The first-order chi connectivity index (χ1) is 15.3. The Kier molecular flexibility index (Phi) is 5.52. The Morgan fingerprint density at radius 1 is 1.28 bits per heavy atom. The number of benzene rings is 1. The van der Waals surface area contributed by atoms with E-state index in [2.05, 4.69) is 15.4 Å². The Labute approximate surface area is 184 Å². The summed E-state index contributed by atoms with van der Waals surface area (Å²) in [5.41, 5.74) is 9.04. The van der Waals surface area contributed by atoms with Crippen LogP contribution in [-0.2, 0) is 13.0 Å². The molecule has 0 fully saturated rings. The van der Waals surface area contributed by atoms with E-state index >= 15 is 4.39 Å². The van der Waals surface area contributed by atoms with Gasteiger partial charge in [-0.15, -0.1) is 0 Å². The molecule has 10 heteroatoms. The maximum absolute atomic E-state index is 15.0. The molecule has 0 aliphatic carbocycles. The molecule has 0 radical (unpaired) electrons. The van der Waals surface area contributed by atoms with Gasteiger partial charge >= 0.3 is 0 Å². The predicted molar refractivity (Wildman–Crippen MR) is 118 cm³/mol. The molecule has 166 valence electrons. The van der Waals surface area contributed by atoms with Crippen LogP contribution >= 0.6 is 0 Å². The molecular formula is C22H24FN7O2. The predicted octanol–water partition coefficient (Wildman–Crippen LogP) is 2.34. The van der Waals surface area contributed by atoms with E-state index in [-0.39, 0.29) is 23.0 Å². The summed E-state index contributed by atoms with van der Waals surface area (Å²) < 4.78 is 21.7. The van der Waals surface area contributed by atoms with Gasteiger partial charge in [-0.2, -0.15) is 5.10 Å². The quantitative estimate of drug-likeness (QED) is 0.427. The summed E-state index contributed by atoms with van der Waals surface area (Å²) in [4.78, 5) is 19.1. The zero-order valence-electron chi connectivity index (χ0n) is 18.1. The van der Waals surface area contributed by atoms with Gasteiger partial charge in [-0.05, 0) is 31.5 Å².